The van der Waals surface area contributed by atoms with Crippen molar-refractivity contribution in [1.29, 1.82) is 0 Å². The molecular weight excluding hydrogens is 436 g/mol. The smallest absolute Gasteiger partial charge is 0.275 e. The van der Waals surface area contributed by atoms with Crippen LogP contribution in [0.25, 0.3) is 0 Å². The van der Waals surface area contributed by atoms with Crippen LogP contribution in [-0.4, -0.2) is 36.4 Å². The first-order valence-corrected chi connectivity index (χ1v) is 11.9. The second-order valence-electron chi connectivity index (χ2n) is 7.26. The Labute approximate surface area is 186 Å². The zero-order chi connectivity index (χ0) is 22.0. The molecule has 0 bridgehead atoms. The number of carbonyl (C=O) groups excluding carboxylic acids is 1. The predicted molar refractivity (Wildman–Crippen MR) is 122 cm³/mol. The van der Waals surface area contributed by atoms with Gasteiger partial charge in [0.2, 0.25) is 10.0 Å². The molecule has 1 aliphatic rings. The van der Waals surface area contributed by atoms with Crippen LogP contribution in [0.5, 0.6) is 0 Å². The highest BCUT2D eigenvalue weighted by molar-refractivity contribution is 7.88. The molecule has 2 aromatic carbocycles. The van der Waals surface area contributed by atoms with Crippen LogP contribution in [0.1, 0.15) is 21.6 Å². The first-order chi connectivity index (χ1) is 14.8. The molecule has 31 heavy (non-hydrogen) atoms. The maximum atomic E-state index is 12.7. The topological polar surface area (TPSA) is 91.4 Å². The second kappa shape index (κ2) is 8.66. The van der Waals surface area contributed by atoms with Crippen LogP contribution < -0.4 is 10.6 Å². The van der Waals surface area contributed by atoms with Gasteiger partial charge in [-0.15, -0.1) is 0 Å². The number of sulfonamides is 1. The molecule has 160 valence electrons. The summed E-state index contributed by atoms with van der Waals surface area (Å²) >= 11 is 6.22. The van der Waals surface area contributed by atoms with Crippen molar-refractivity contribution in [3.63, 3.8) is 0 Å². The number of nitrogens with zero attached hydrogens (tertiary/aromatic N) is 2. The number of nitrogens with one attached hydrogen (secondary N) is 2. The van der Waals surface area contributed by atoms with Gasteiger partial charge in [-0.3, -0.25) is 4.79 Å². The van der Waals surface area contributed by atoms with Crippen molar-refractivity contribution < 1.29 is 13.2 Å². The van der Waals surface area contributed by atoms with Crippen molar-refractivity contribution in [2.45, 2.75) is 13.0 Å². The highest BCUT2D eigenvalue weighted by atomic mass is 35.5. The number of para-hydroxylation sites is 1. The van der Waals surface area contributed by atoms with E-state index in [-0.39, 0.29) is 10.7 Å². The molecule has 0 spiro atoms. The summed E-state index contributed by atoms with van der Waals surface area (Å²) in [5.41, 5.74) is 3.57. The number of carbonyl (C=O) groups is 1. The third-order valence-electron chi connectivity index (χ3n) is 5.06. The van der Waals surface area contributed by atoms with E-state index in [1.165, 1.54) is 10.6 Å². The molecule has 2 heterocycles. The minimum absolute atomic E-state index is 0.114. The van der Waals surface area contributed by atoms with Crippen LogP contribution in [0, 0.1) is 0 Å². The Kier molecular flexibility index (Phi) is 5.95. The summed E-state index contributed by atoms with van der Waals surface area (Å²) in [5.74, 6) is 0.0697. The fourth-order valence-corrected chi connectivity index (χ4v) is 4.49. The maximum absolute atomic E-state index is 12.7. The fourth-order valence-electron chi connectivity index (χ4n) is 3.50. The molecule has 3 aromatic rings. The summed E-state index contributed by atoms with van der Waals surface area (Å²) in [5, 5.41) is 6.29. The average Bonchev–Trinajstić information content (AvgIpc) is 2.75. The van der Waals surface area contributed by atoms with Gasteiger partial charge < -0.3 is 10.6 Å². The number of amides is 1. The molecule has 0 saturated carbocycles. The third kappa shape index (κ3) is 4.87. The Balaban J connectivity index is 1.57. The van der Waals surface area contributed by atoms with Crippen LogP contribution in [0.15, 0.2) is 60.7 Å². The zero-order valence-corrected chi connectivity index (χ0v) is 18.4. The van der Waals surface area contributed by atoms with Crippen molar-refractivity contribution >= 4 is 44.7 Å². The van der Waals surface area contributed by atoms with Crippen molar-refractivity contribution in [3.05, 3.63) is 82.5 Å². The molecule has 1 amide bonds. The lowest BCUT2D eigenvalue weighted by atomic mass is 9.99. The van der Waals surface area contributed by atoms with Crippen LogP contribution in [0.2, 0.25) is 5.02 Å². The normalized spacial score (nSPS) is 14.0. The molecule has 0 fully saturated rings. The van der Waals surface area contributed by atoms with Gasteiger partial charge in [-0.25, -0.2) is 13.4 Å². The molecule has 0 unspecified atom stereocenters. The highest BCUT2D eigenvalue weighted by Gasteiger charge is 2.24. The van der Waals surface area contributed by atoms with Gasteiger partial charge in [0.15, 0.2) is 0 Å². The molecule has 9 heteroatoms. The van der Waals surface area contributed by atoms with E-state index < -0.39 is 15.9 Å². The number of pyridine rings is 1. The molecule has 0 radical (unpaired) electrons. The summed E-state index contributed by atoms with van der Waals surface area (Å²) in [6, 6.07) is 18.1. The van der Waals surface area contributed by atoms with Crippen LogP contribution in [-0.2, 0) is 23.0 Å². The average molecular weight is 457 g/mol. The standard InChI is InChI=1S/C22H21ClN4O3S/c1-31(29,30)27-13-12-17-15(14-27)6-5-9-19(17)25-20-11-10-18(23)21(26-20)22(28)24-16-7-3-2-4-8-16/h2-11H,12-14H2,1H3,(H,24,28)(H,25,26). The van der Waals surface area contributed by atoms with Gasteiger partial charge in [-0.1, -0.05) is 41.9 Å². The quantitative estimate of drug-likeness (QED) is 0.604. The predicted octanol–water partition coefficient (Wildman–Crippen LogP) is 4.05. The van der Waals surface area contributed by atoms with Gasteiger partial charge in [0.25, 0.3) is 5.91 Å². The van der Waals surface area contributed by atoms with Gasteiger partial charge in [-0.2, -0.15) is 4.31 Å². The minimum atomic E-state index is -3.24. The van der Waals surface area contributed by atoms with Crippen LogP contribution in [0.3, 0.4) is 0 Å². The lowest BCUT2D eigenvalue weighted by Crippen LogP contribution is -2.35. The van der Waals surface area contributed by atoms with E-state index in [0.29, 0.717) is 31.0 Å². The van der Waals surface area contributed by atoms with E-state index in [2.05, 4.69) is 15.6 Å². The maximum Gasteiger partial charge on any atom is 0.275 e. The number of aromatic nitrogens is 1. The number of fused-ring (bicyclic) bond motifs is 1. The Bertz CT molecular complexity index is 1230. The van der Waals surface area contributed by atoms with E-state index in [4.69, 9.17) is 11.6 Å². The van der Waals surface area contributed by atoms with E-state index >= 15 is 0 Å². The first-order valence-electron chi connectivity index (χ1n) is 9.67. The van der Waals surface area contributed by atoms with Crippen molar-refractivity contribution in [2.24, 2.45) is 0 Å². The molecule has 0 aliphatic carbocycles. The van der Waals surface area contributed by atoms with Gasteiger partial charge >= 0.3 is 0 Å². The highest BCUT2D eigenvalue weighted by Crippen LogP contribution is 2.30. The van der Waals surface area contributed by atoms with Crippen molar-refractivity contribution in [1.82, 2.24) is 9.29 Å². The number of halogens is 1. The molecule has 0 saturated heterocycles. The summed E-state index contributed by atoms with van der Waals surface area (Å²) in [7, 11) is -3.24. The summed E-state index contributed by atoms with van der Waals surface area (Å²) in [4.78, 5) is 17.1. The van der Waals surface area contributed by atoms with E-state index in [0.717, 1.165) is 16.8 Å². The largest absolute Gasteiger partial charge is 0.340 e. The summed E-state index contributed by atoms with van der Waals surface area (Å²) in [6.07, 6.45) is 1.81. The Morgan fingerprint density at radius 3 is 2.58 bits per heavy atom. The van der Waals surface area contributed by atoms with E-state index in [9.17, 15) is 13.2 Å². The van der Waals surface area contributed by atoms with Gasteiger partial charge in [0, 0.05) is 24.5 Å². The molecular formula is C22H21ClN4O3S. The molecule has 1 aromatic heterocycles. The lowest BCUT2D eigenvalue weighted by Gasteiger charge is -2.28. The summed E-state index contributed by atoms with van der Waals surface area (Å²) in [6.45, 7) is 0.756. The Morgan fingerprint density at radius 2 is 1.84 bits per heavy atom. The van der Waals surface area contributed by atoms with Crippen molar-refractivity contribution in [2.75, 3.05) is 23.4 Å². The number of rotatable bonds is 5. The molecule has 2 N–H and O–H groups in total. The summed E-state index contributed by atoms with van der Waals surface area (Å²) < 4.78 is 25.2. The van der Waals surface area contributed by atoms with E-state index in [1.54, 1.807) is 24.3 Å². The zero-order valence-electron chi connectivity index (χ0n) is 16.8. The monoisotopic (exact) mass is 456 g/mol. The Hall–Kier alpha value is -2.94. The number of hydrogen-bond acceptors (Lipinski definition) is 5. The second-order valence-corrected chi connectivity index (χ2v) is 9.65. The van der Waals surface area contributed by atoms with Crippen LogP contribution in [0.4, 0.5) is 17.2 Å². The fraction of sp³-hybridized carbons (Fsp3) is 0.182. The number of anilines is 3. The van der Waals surface area contributed by atoms with Gasteiger partial charge in [0.05, 0.1) is 11.3 Å². The Morgan fingerprint density at radius 1 is 1.06 bits per heavy atom. The van der Waals surface area contributed by atoms with Crippen molar-refractivity contribution in [3.8, 4) is 0 Å². The van der Waals surface area contributed by atoms with Crippen LogP contribution >= 0.6 is 11.6 Å². The first kappa shape index (κ1) is 21.3. The van der Waals surface area contributed by atoms with E-state index in [1.807, 2.05) is 36.4 Å². The minimum Gasteiger partial charge on any atom is -0.340 e. The SMILES string of the molecule is CS(=O)(=O)N1CCc2c(cccc2Nc2ccc(Cl)c(C(=O)Nc3ccccc3)n2)C1. The molecule has 1 aliphatic heterocycles. The number of hydrogen-bond donors (Lipinski definition) is 2. The lowest BCUT2D eigenvalue weighted by molar-refractivity contribution is 0.102. The third-order valence-corrected chi connectivity index (χ3v) is 6.61. The number of benzene rings is 2. The molecule has 7 nitrogen and oxygen atoms in total. The van der Waals surface area contributed by atoms with Gasteiger partial charge in [0.1, 0.15) is 11.5 Å². The molecule has 4 rings (SSSR count). The van der Waals surface area contributed by atoms with Gasteiger partial charge in [-0.05, 0) is 47.9 Å². The molecule has 0 atom stereocenters.